The van der Waals surface area contributed by atoms with Crippen LogP contribution >= 0.6 is 0 Å². The summed E-state index contributed by atoms with van der Waals surface area (Å²) < 4.78 is 51.5. The van der Waals surface area contributed by atoms with Gasteiger partial charge >= 0.3 is 0 Å². The quantitative estimate of drug-likeness (QED) is 0.449. The van der Waals surface area contributed by atoms with E-state index in [1.54, 1.807) is 21.3 Å². The van der Waals surface area contributed by atoms with Gasteiger partial charge in [0.05, 0.1) is 39.6 Å². The van der Waals surface area contributed by atoms with Crippen molar-refractivity contribution in [3.8, 4) is 11.5 Å². The largest absolute Gasteiger partial charge is 0.497 e. The molecular formula is C28H36O11. The van der Waals surface area contributed by atoms with Gasteiger partial charge in [0.2, 0.25) is 0 Å². The lowest BCUT2D eigenvalue weighted by Gasteiger charge is -2.45. The number of fused-ring (bicyclic) bond motifs is 1. The van der Waals surface area contributed by atoms with Crippen LogP contribution in [-0.4, -0.2) is 87.9 Å². The van der Waals surface area contributed by atoms with Crippen LogP contribution < -0.4 is 9.47 Å². The molecule has 0 aromatic heterocycles. The number of methoxy groups -OCH3 is 3. The van der Waals surface area contributed by atoms with Gasteiger partial charge in [-0.05, 0) is 24.3 Å². The van der Waals surface area contributed by atoms with Crippen molar-refractivity contribution in [2.75, 3.05) is 34.5 Å². The third-order valence-electron chi connectivity index (χ3n) is 7.06. The zero-order chi connectivity index (χ0) is 27.4. The van der Waals surface area contributed by atoms with E-state index in [0.717, 1.165) is 22.6 Å². The Balaban J connectivity index is 1.10. The van der Waals surface area contributed by atoms with Crippen molar-refractivity contribution in [1.82, 2.24) is 0 Å². The van der Waals surface area contributed by atoms with Crippen molar-refractivity contribution >= 4 is 0 Å². The molecule has 214 valence electrons. The molecule has 0 amide bonds. The van der Waals surface area contributed by atoms with Crippen LogP contribution in [0.5, 0.6) is 11.5 Å². The number of benzene rings is 2. The fourth-order valence-corrected chi connectivity index (χ4v) is 4.95. The van der Waals surface area contributed by atoms with Gasteiger partial charge in [-0.2, -0.15) is 0 Å². The number of rotatable bonds is 9. The minimum Gasteiger partial charge on any atom is -0.497 e. The standard InChI is InChI=1S/C28H36O11/c1-31-18-8-4-16(5-9-18)26(33-3)36-20-12-22(30)28(34-14-20)38-24-13-21(29)25-23(37-24)15-35-27(39-25)17-6-10-19(32-2)11-7-17/h4-11,20-30H,12-15H2,1-3H3/t20?,21?,22?,23?,24-,25+,26?,27?,28?/m1/s1. The molecule has 3 aliphatic rings. The summed E-state index contributed by atoms with van der Waals surface area (Å²) in [6.45, 7) is 0.404. The Morgan fingerprint density at radius 3 is 2.13 bits per heavy atom. The highest BCUT2D eigenvalue weighted by molar-refractivity contribution is 5.28. The molecule has 3 aliphatic heterocycles. The fraction of sp³-hybridized carbons (Fsp3) is 0.571. The molecule has 2 aromatic rings. The second-order valence-electron chi connectivity index (χ2n) is 9.69. The summed E-state index contributed by atoms with van der Waals surface area (Å²) in [6.07, 6.45) is -5.88. The lowest BCUT2D eigenvalue weighted by atomic mass is 10.00. The van der Waals surface area contributed by atoms with Crippen LogP contribution in [0.3, 0.4) is 0 Å². The molecule has 0 bridgehead atoms. The molecule has 2 aromatic carbocycles. The van der Waals surface area contributed by atoms with Crippen LogP contribution in [-0.2, 0) is 33.2 Å². The number of aliphatic hydroxyl groups excluding tert-OH is 2. The second kappa shape index (κ2) is 12.9. The maximum atomic E-state index is 10.8. The summed E-state index contributed by atoms with van der Waals surface area (Å²) in [5.41, 5.74) is 1.63. The van der Waals surface area contributed by atoms with Gasteiger partial charge in [-0.25, -0.2) is 0 Å². The smallest absolute Gasteiger partial charge is 0.186 e. The maximum Gasteiger partial charge on any atom is 0.186 e. The average molecular weight is 549 g/mol. The molecular weight excluding hydrogens is 512 g/mol. The van der Waals surface area contributed by atoms with Gasteiger partial charge < -0.3 is 52.8 Å². The Labute approximate surface area is 227 Å². The average Bonchev–Trinajstić information content (AvgIpc) is 2.97. The zero-order valence-electron chi connectivity index (χ0n) is 22.2. The van der Waals surface area contributed by atoms with E-state index in [1.165, 1.54) is 0 Å². The Kier molecular flexibility index (Phi) is 9.33. The van der Waals surface area contributed by atoms with Gasteiger partial charge in [0, 0.05) is 31.1 Å². The van der Waals surface area contributed by atoms with E-state index in [-0.39, 0.29) is 26.1 Å². The summed E-state index contributed by atoms with van der Waals surface area (Å²) in [5.74, 6) is 1.46. The SMILES string of the molecule is COc1ccc(C(OC)OC2COC(O[C@@H]3CC(O)[C@@H]4OC(c5ccc(OC)cc5)OCC4O3)C(O)C2)cc1. The van der Waals surface area contributed by atoms with Gasteiger partial charge in [0.1, 0.15) is 29.8 Å². The van der Waals surface area contributed by atoms with Crippen molar-refractivity contribution in [1.29, 1.82) is 0 Å². The van der Waals surface area contributed by atoms with Crippen molar-refractivity contribution in [3.05, 3.63) is 59.7 Å². The van der Waals surface area contributed by atoms with Crippen molar-refractivity contribution in [3.63, 3.8) is 0 Å². The number of ether oxygens (including phenoxy) is 9. The Hall–Kier alpha value is -2.32. The van der Waals surface area contributed by atoms with Crippen LogP contribution in [0.15, 0.2) is 48.5 Å². The van der Waals surface area contributed by atoms with Crippen LogP contribution in [0.25, 0.3) is 0 Å². The number of hydrogen-bond donors (Lipinski definition) is 2. The highest BCUT2D eigenvalue weighted by Gasteiger charge is 2.46. The molecule has 2 N–H and O–H groups in total. The lowest BCUT2D eigenvalue weighted by molar-refractivity contribution is -0.368. The summed E-state index contributed by atoms with van der Waals surface area (Å²) >= 11 is 0. The van der Waals surface area contributed by atoms with E-state index in [0.29, 0.717) is 0 Å². The lowest BCUT2D eigenvalue weighted by Crippen LogP contribution is -2.56. The topological polar surface area (TPSA) is 124 Å². The van der Waals surface area contributed by atoms with E-state index < -0.39 is 55.7 Å². The van der Waals surface area contributed by atoms with Crippen molar-refractivity contribution in [2.24, 2.45) is 0 Å². The monoisotopic (exact) mass is 548 g/mol. The normalized spacial score (nSPS) is 33.7. The van der Waals surface area contributed by atoms with Crippen molar-refractivity contribution < 1.29 is 52.8 Å². The fourth-order valence-electron chi connectivity index (χ4n) is 4.95. The highest BCUT2D eigenvalue weighted by Crippen LogP contribution is 2.36. The predicted octanol–water partition coefficient (Wildman–Crippen LogP) is 2.45. The molecule has 0 aliphatic carbocycles. The molecule has 3 heterocycles. The molecule has 3 fully saturated rings. The second-order valence-corrected chi connectivity index (χ2v) is 9.69. The number of hydrogen-bond acceptors (Lipinski definition) is 11. The summed E-state index contributed by atoms with van der Waals surface area (Å²) in [5, 5.41) is 21.5. The third-order valence-corrected chi connectivity index (χ3v) is 7.06. The summed E-state index contributed by atoms with van der Waals surface area (Å²) in [7, 11) is 4.76. The first-order valence-electron chi connectivity index (χ1n) is 13.0. The maximum absolute atomic E-state index is 10.8. The van der Waals surface area contributed by atoms with Crippen LogP contribution in [0.1, 0.15) is 36.5 Å². The first-order chi connectivity index (χ1) is 19.0. The third kappa shape index (κ3) is 6.71. The molecule has 3 saturated heterocycles. The number of aliphatic hydroxyl groups is 2. The Bertz CT molecular complexity index is 1030. The van der Waals surface area contributed by atoms with Gasteiger partial charge in [0.15, 0.2) is 25.2 Å². The minimum atomic E-state index is -0.964. The molecule has 9 atom stereocenters. The molecule has 39 heavy (non-hydrogen) atoms. The minimum absolute atomic E-state index is 0.159. The Morgan fingerprint density at radius 2 is 1.49 bits per heavy atom. The van der Waals surface area contributed by atoms with Crippen LogP contribution in [0, 0.1) is 0 Å². The van der Waals surface area contributed by atoms with Crippen molar-refractivity contribution in [2.45, 2.75) is 68.5 Å². The van der Waals surface area contributed by atoms with E-state index >= 15 is 0 Å². The molecule has 0 radical (unpaired) electrons. The highest BCUT2D eigenvalue weighted by atomic mass is 16.8. The van der Waals surface area contributed by atoms with Crippen LogP contribution in [0.4, 0.5) is 0 Å². The zero-order valence-corrected chi connectivity index (χ0v) is 22.2. The first-order valence-corrected chi connectivity index (χ1v) is 13.0. The molecule has 7 unspecified atom stereocenters. The Morgan fingerprint density at radius 1 is 0.795 bits per heavy atom. The van der Waals surface area contributed by atoms with Gasteiger partial charge in [-0.3, -0.25) is 0 Å². The molecule has 11 nitrogen and oxygen atoms in total. The predicted molar refractivity (Wildman–Crippen MR) is 135 cm³/mol. The summed E-state index contributed by atoms with van der Waals surface area (Å²) in [6, 6.07) is 14.7. The summed E-state index contributed by atoms with van der Waals surface area (Å²) in [4.78, 5) is 0. The van der Waals surface area contributed by atoms with E-state index in [2.05, 4.69) is 0 Å². The van der Waals surface area contributed by atoms with E-state index in [1.807, 2.05) is 48.5 Å². The van der Waals surface area contributed by atoms with E-state index in [9.17, 15) is 10.2 Å². The molecule has 11 heteroatoms. The van der Waals surface area contributed by atoms with Crippen LogP contribution in [0.2, 0.25) is 0 Å². The molecule has 0 saturated carbocycles. The first kappa shape index (κ1) is 28.2. The molecule has 5 rings (SSSR count). The van der Waals surface area contributed by atoms with Gasteiger partial charge in [-0.1, -0.05) is 24.3 Å². The van der Waals surface area contributed by atoms with Gasteiger partial charge in [0.25, 0.3) is 0 Å². The molecule has 0 spiro atoms. The van der Waals surface area contributed by atoms with Gasteiger partial charge in [-0.15, -0.1) is 0 Å². The van der Waals surface area contributed by atoms with E-state index in [4.69, 9.17) is 42.6 Å².